The third kappa shape index (κ3) is 4.34. The molecule has 1 fully saturated rings. The summed E-state index contributed by atoms with van der Waals surface area (Å²) in [6.45, 7) is 5.23. The van der Waals surface area contributed by atoms with E-state index in [1.807, 2.05) is 29.2 Å². The number of urea groups is 1. The number of pyridine rings is 2. The molecule has 1 aliphatic heterocycles. The minimum atomic E-state index is -0.117. The van der Waals surface area contributed by atoms with E-state index in [4.69, 9.17) is 0 Å². The highest BCUT2D eigenvalue weighted by atomic mass is 16.2. The molecular formula is C27H27N9O. The Bertz CT molecular complexity index is 1570. The molecule has 1 aliphatic carbocycles. The second kappa shape index (κ2) is 9.19. The van der Waals surface area contributed by atoms with Crippen molar-refractivity contribution in [1.29, 1.82) is 5.26 Å². The predicted octanol–water partition coefficient (Wildman–Crippen LogP) is 3.89. The zero-order chi connectivity index (χ0) is 25.5. The lowest BCUT2D eigenvalue weighted by Crippen LogP contribution is -2.48. The number of carbonyl (C=O) groups excluding carboxylic acids is 1. The lowest BCUT2D eigenvalue weighted by Gasteiger charge is -2.32. The Morgan fingerprint density at radius 1 is 1.14 bits per heavy atom. The van der Waals surface area contributed by atoms with Gasteiger partial charge in [-0.1, -0.05) is 13.0 Å². The summed E-state index contributed by atoms with van der Waals surface area (Å²) in [6, 6.07) is 8.12. The Labute approximate surface area is 214 Å². The summed E-state index contributed by atoms with van der Waals surface area (Å²) in [5.41, 5.74) is 7.27. The third-order valence-corrected chi connectivity index (χ3v) is 7.07. The van der Waals surface area contributed by atoms with E-state index in [9.17, 15) is 10.1 Å². The first-order valence-corrected chi connectivity index (χ1v) is 12.4. The van der Waals surface area contributed by atoms with Crippen molar-refractivity contribution < 1.29 is 4.79 Å². The number of allylic oxidation sites excluding steroid dienone is 2. The summed E-state index contributed by atoms with van der Waals surface area (Å²) in [4.78, 5) is 29.2. The Kier molecular flexibility index (Phi) is 5.70. The Hall–Kier alpha value is -4.49. The molecule has 0 bridgehead atoms. The van der Waals surface area contributed by atoms with Gasteiger partial charge in [-0.25, -0.2) is 9.78 Å². The van der Waals surface area contributed by atoms with Gasteiger partial charge in [-0.05, 0) is 37.6 Å². The van der Waals surface area contributed by atoms with Gasteiger partial charge in [0.15, 0.2) is 5.65 Å². The molecule has 4 aromatic rings. The van der Waals surface area contributed by atoms with Crippen molar-refractivity contribution in [3.63, 3.8) is 0 Å². The van der Waals surface area contributed by atoms with E-state index < -0.39 is 0 Å². The Morgan fingerprint density at radius 2 is 1.95 bits per heavy atom. The zero-order valence-electron chi connectivity index (χ0n) is 20.7. The second-order valence-electron chi connectivity index (χ2n) is 9.82. The average Bonchev–Trinajstić information content (AvgIpc) is 3.52. The van der Waals surface area contributed by atoms with Crippen LogP contribution in [0.15, 0.2) is 42.9 Å². The minimum Gasteiger partial charge on any atom is -0.356 e. The molecule has 0 saturated carbocycles. The highest BCUT2D eigenvalue weighted by Crippen LogP contribution is 2.35. The van der Waals surface area contributed by atoms with Crippen LogP contribution in [0, 0.1) is 17.2 Å². The number of piperazine rings is 1. The SMILES string of the molecule is CC1C=C(C#N)c2cc(-c3n[nH]c4ncc(-c5cncc(NC(=O)N6CCN(C)CC6)c5)cc34)[nH]c2C1. The lowest BCUT2D eigenvalue weighted by molar-refractivity contribution is 0.164. The van der Waals surface area contributed by atoms with Crippen molar-refractivity contribution in [3.8, 4) is 28.6 Å². The van der Waals surface area contributed by atoms with Gasteiger partial charge in [-0.2, -0.15) is 10.4 Å². The number of nitriles is 1. The molecule has 1 saturated heterocycles. The number of rotatable bonds is 3. The maximum Gasteiger partial charge on any atom is 0.321 e. The number of hydrogen-bond donors (Lipinski definition) is 3. The highest BCUT2D eigenvalue weighted by Gasteiger charge is 2.22. The molecule has 3 N–H and O–H groups in total. The van der Waals surface area contributed by atoms with Gasteiger partial charge in [0, 0.05) is 66.3 Å². The number of amides is 2. The molecule has 0 aromatic carbocycles. The molecule has 2 aliphatic rings. The van der Waals surface area contributed by atoms with Crippen LogP contribution in [0.5, 0.6) is 0 Å². The molecular weight excluding hydrogens is 466 g/mol. The number of hydrogen-bond acceptors (Lipinski definition) is 6. The van der Waals surface area contributed by atoms with Gasteiger partial charge < -0.3 is 20.1 Å². The van der Waals surface area contributed by atoms with Crippen molar-refractivity contribution in [1.82, 2.24) is 34.9 Å². The van der Waals surface area contributed by atoms with Crippen molar-refractivity contribution in [3.05, 3.63) is 54.1 Å². The van der Waals surface area contributed by atoms with E-state index >= 15 is 0 Å². The molecule has 10 heteroatoms. The molecule has 1 unspecified atom stereocenters. The van der Waals surface area contributed by atoms with Crippen LogP contribution in [0.3, 0.4) is 0 Å². The summed E-state index contributed by atoms with van der Waals surface area (Å²) in [7, 11) is 2.06. The number of nitrogens with zero attached hydrogens (tertiary/aromatic N) is 6. The van der Waals surface area contributed by atoms with Gasteiger partial charge in [0.05, 0.1) is 29.2 Å². The van der Waals surface area contributed by atoms with Crippen molar-refractivity contribution in [2.24, 2.45) is 5.92 Å². The number of anilines is 1. The molecule has 10 nitrogen and oxygen atoms in total. The standard InChI is InChI=1S/C27H27N9O/c1-16-7-17(12-28)21-11-24(32-23(21)8-16)25-22-10-19(14-30-26(22)34-33-25)18-9-20(15-29-13-18)31-27(37)36-5-3-35(2)4-6-36/h7,9-11,13-16,32H,3-6,8H2,1-2H3,(H,31,37)(H,30,33,34). The normalized spacial score (nSPS) is 17.8. The van der Waals surface area contributed by atoms with Crippen molar-refractivity contribution in [2.75, 3.05) is 38.5 Å². The van der Waals surface area contributed by atoms with Crippen LogP contribution in [-0.4, -0.2) is 74.2 Å². The monoisotopic (exact) mass is 493 g/mol. The van der Waals surface area contributed by atoms with E-state index in [0.29, 0.717) is 35.9 Å². The van der Waals surface area contributed by atoms with Crippen LogP contribution in [-0.2, 0) is 6.42 Å². The molecule has 0 radical (unpaired) electrons. The number of likely N-dealkylation sites (N-methyl/N-ethyl adjacent to an activating group) is 1. The molecule has 37 heavy (non-hydrogen) atoms. The average molecular weight is 494 g/mol. The Balaban J connectivity index is 1.29. The van der Waals surface area contributed by atoms with Gasteiger partial charge in [0.25, 0.3) is 0 Å². The van der Waals surface area contributed by atoms with Gasteiger partial charge in [-0.15, -0.1) is 0 Å². The molecule has 2 amide bonds. The summed E-state index contributed by atoms with van der Waals surface area (Å²) >= 11 is 0. The first kappa shape index (κ1) is 22.9. The highest BCUT2D eigenvalue weighted by molar-refractivity contribution is 5.94. The van der Waals surface area contributed by atoms with E-state index in [-0.39, 0.29) is 6.03 Å². The van der Waals surface area contributed by atoms with Crippen LogP contribution in [0.1, 0.15) is 18.2 Å². The molecule has 4 aromatic heterocycles. The van der Waals surface area contributed by atoms with Gasteiger partial charge in [-0.3, -0.25) is 10.1 Å². The van der Waals surface area contributed by atoms with Crippen LogP contribution in [0.2, 0.25) is 0 Å². The maximum atomic E-state index is 12.7. The fraction of sp³-hybridized carbons (Fsp3) is 0.296. The first-order valence-electron chi connectivity index (χ1n) is 12.4. The van der Waals surface area contributed by atoms with Crippen LogP contribution in [0.25, 0.3) is 39.1 Å². The summed E-state index contributed by atoms with van der Waals surface area (Å²) in [5.74, 6) is 0.300. The smallest absolute Gasteiger partial charge is 0.321 e. The number of carbonyl (C=O) groups is 1. The van der Waals surface area contributed by atoms with Gasteiger partial charge >= 0.3 is 6.03 Å². The second-order valence-corrected chi connectivity index (χ2v) is 9.82. The fourth-order valence-corrected chi connectivity index (χ4v) is 5.02. The largest absolute Gasteiger partial charge is 0.356 e. The quantitative estimate of drug-likeness (QED) is 0.397. The summed E-state index contributed by atoms with van der Waals surface area (Å²) < 4.78 is 0. The summed E-state index contributed by atoms with van der Waals surface area (Å²) in [5, 5.41) is 21.0. The molecule has 1 atom stereocenters. The van der Waals surface area contributed by atoms with Crippen LogP contribution >= 0.6 is 0 Å². The summed E-state index contributed by atoms with van der Waals surface area (Å²) in [6.07, 6.45) is 8.05. The molecule has 5 heterocycles. The third-order valence-electron chi connectivity index (χ3n) is 7.07. The molecule has 186 valence electrons. The van der Waals surface area contributed by atoms with Crippen molar-refractivity contribution in [2.45, 2.75) is 13.3 Å². The Morgan fingerprint density at radius 3 is 2.76 bits per heavy atom. The maximum absolute atomic E-state index is 12.7. The van der Waals surface area contributed by atoms with Gasteiger partial charge in [0.1, 0.15) is 5.69 Å². The number of aromatic nitrogens is 5. The first-order chi connectivity index (χ1) is 18.0. The van der Waals surface area contributed by atoms with E-state index in [1.165, 1.54) is 0 Å². The molecule has 6 rings (SSSR count). The topological polar surface area (TPSA) is 130 Å². The fourth-order valence-electron chi connectivity index (χ4n) is 5.02. The number of aromatic amines is 2. The number of fused-ring (bicyclic) bond motifs is 2. The molecule has 0 spiro atoms. The van der Waals surface area contributed by atoms with Crippen LogP contribution < -0.4 is 5.32 Å². The van der Waals surface area contributed by atoms with Crippen molar-refractivity contribution >= 4 is 28.3 Å². The van der Waals surface area contributed by atoms with E-state index in [2.05, 4.69) is 55.4 Å². The minimum absolute atomic E-state index is 0.117. The number of H-pyrrole nitrogens is 2. The van der Waals surface area contributed by atoms with Crippen LogP contribution in [0.4, 0.5) is 10.5 Å². The lowest BCUT2D eigenvalue weighted by atomic mass is 9.91. The van der Waals surface area contributed by atoms with E-state index in [1.54, 1.807) is 18.6 Å². The van der Waals surface area contributed by atoms with E-state index in [0.717, 1.165) is 58.7 Å². The van der Waals surface area contributed by atoms with Gasteiger partial charge in [0.2, 0.25) is 0 Å². The predicted molar refractivity (Wildman–Crippen MR) is 141 cm³/mol. The number of nitrogens with one attached hydrogen (secondary N) is 3. The zero-order valence-corrected chi connectivity index (χ0v) is 20.7.